The van der Waals surface area contributed by atoms with E-state index in [9.17, 15) is 9.59 Å². The van der Waals surface area contributed by atoms with Crippen LogP contribution in [0.4, 0.5) is 0 Å². The lowest BCUT2D eigenvalue weighted by atomic mass is 10.2. The number of aliphatic carboxylic acids is 1. The fourth-order valence-corrected chi connectivity index (χ4v) is 2.11. The average Bonchev–Trinajstić information content (AvgIpc) is 2.93. The summed E-state index contributed by atoms with van der Waals surface area (Å²) in [6.07, 6.45) is 1.40. The zero-order valence-electron chi connectivity index (χ0n) is 12.1. The molecule has 0 saturated carbocycles. The molecule has 2 N–H and O–H groups in total. The van der Waals surface area contributed by atoms with Gasteiger partial charge in [-0.15, -0.1) is 0 Å². The van der Waals surface area contributed by atoms with Gasteiger partial charge < -0.3 is 10.4 Å². The third-order valence-electron chi connectivity index (χ3n) is 3.32. The quantitative estimate of drug-likeness (QED) is 0.822. The van der Waals surface area contributed by atoms with Gasteiger partial charge in [-0.2, -0.15) is 10.2 Å². The van der Waals surface area contributed by atoms with Crippen LogP contribution in [-0.4, -0.2) is 36.5 Å². The Morgan fingerprint density at radius 1 is 1.38 bits per heavy atom. The van der Waals surface area contributed by atoms with Crippen LogP contribution in [-0.2, 0) is 24.9 Å². The van der Waals surface area contributed by atoms with E-state index in [1.807, 2.05) is 20.9 Å². The highest BCUT2D eigenvalue weighted by molar-refractivity contribution is 5.92. The van der Waals surface area contributed by atoms with Gasteiger partial charge in [0.15, 0.2) is 0 Å². The number of carbonyl (C=O) groups excluding carboxylic acids is 1. The number of nitrogens with zero attached hydrogens (tertiary/aromatic N) is 4. The van der Waals surface area contributed by atoms with E-state index >= 15 is 0 Å². The number of nitrogens with one attached hydrogen (secondary N) is 1. The first-order chi connectivity index (χ1) is 9.90. The normalized spacial score (nSPS) is 10.6. The Labute approximate surface area is 121 Å². The second-order valence-corrected chi connectivity index (χ2v) is 4.72. The summed E-state index contributed by atoms with van der Waals surface area (Å²) in [5, 5.41) is 19.6. The molecule has 0 saturated heterocycles. The van der Waals surface area contributed by atoms with Crippen molar-refractivity contribution in [1.82, 2.24) is 24.9 Å². The molecule has 0 aliphatic heterocycles. The molecule has 0 fully saturated rings. The zero-order valence-corrected chi connectivity index (χ0v) is 12.1. The fraction of sp³-hybridized carbons (Fsp3) is 0.385. The lowest BCUT2D eigenvalue weighted by Gasteiger charge is -2.07. The van der Waals surface area contributed by atoms with Crippen molar-refractivity contribution in [3.63, 3.8) is 0 Å². The molecule has 8 nitrogen and oxygen atoms in total. The van der Waals surface area contributed by atoms with E-state index in [-0.39, 0.29) is 18.1 Å². The van der Waals surface area contributed by atoms with Crippen LogP contribution < -0.4 is 5.32 Å². The first kappa shape index (κ1) is 14.8. The maximum absolute atomic E-state index is 12.1. The third-order valence-corrected chi connectivity index (χ3v) is 3.32. The van der Waals surface area contributed by atoms with E-state index in [0.29, 0.717) is 6.54 Å². The zero-order chi connectivity index (χ0) is 15.6. The van der Waals surface area contributed by atoms with Crippen molar-refractivity contribution in [3.8, 4) is 0 Å². The predicted molar refractivity (Wildman–Crippen MR) is 73.7 cm³/mol. The minimum atomic E-state index is -1.05. The van der Waals surface area contributed by atoms with Crippen molar-refractivity contribution in [1.29, 1.82) is 0 Å². The topological polar surface area (TPSA) is 102 Å². The number of aryl methyl sites for hydroxylation is 2. The smallest absolute Gasteiger partial charge is 0.325 e. The van der Waals surface area contributed by atoms with Gasteiger partial charge in [0.2, 0.25) is 0 Å². The molecular weight excluding hydrogens is 274 g/mol. The first-order valence-electron chi connectivity index (χ1n) is 6.41. The van der Waals surface area contributed by atoms with Crippen LogP contribution in [0.5, 0.6) is 0 Å². The fourth-order valence-electron chi connectivity index (χ4n) is 2.11. The number of carboxylic acid groups (broad SMARTS) is 1. The molecule has 0 unspecified atom stereocenters. The highest BCUT2D eigenvalue weighted by Crippen LogP contribution is 2.11. The van der Waals surface area contributed by atoms with Crippen LogP contribution in [0.15, 0.2) is 12.3 Å². The molecular formula is C13H17N5O3. The summed E-state index contributed by atoms with van der Waals surface area (Å²) in [4.78, 5) is 22.8. The second kappa shape index (κ2) is 5.78. The highest BCUT2D eigenvalue weighted by atomic mass is 16.4. The summed E-state index contributed by atoms with van der Waals surface area (Å²) in [5.41, 5.74) is 3.01. The van der Waals surface area contributed by atoms with Crippen LogP contribution in [0.2, 0.25) is 0 Å². The van der Waals surface area contributed by atoms with Crippen molar-refractivity contribution in [2.75, 3.05) is 0 Å². The van der Waals surface area contributed by atoms with Crippen LogP contribution >= 0.6 is 0 Å². The maximum Gasteiger partial charge on any atom is 0.325 e. The molecule has 0 atom stereocenters. The second-order valence-electron chi connectivity index (χ2n) is 4.72. The number of amides is 1. The van der Waals surface area contributed by atoms with Gasteiger partial charge in [0.1, 0.15) is 12.2 Å². The van der Waals surface area contributed by atoms with Crippen molar-refractivity contribution in [2.45, 2.75) is 26.9 Å². The van der Waals surface area contributed by atoms with Crippen molar-refractivity contribution in [2.24, 2.45) is 7.05 Å². The molecule has 0 spiro atoms. The molecule has 0 bridgehead atoms. The molecule has 2 rings (SSSR count). The Kier molecular flexibility index (Phi) is 4.06. The van der Waals surface area contributed by atoms with Crippen molar-refractivity contribution < 1.29 is 14.7 Å². The Morgan fingerprint density at radius 3 is 2.67 bits per heavy atom. The van der Waals surface area contributed by atoms with E-state index in [1.165, 1.54) is 12.3 Å². The molecule has 8 heteroatoms. The van der Waals surface area contributed by atoms with E-state index in [4.69, 9.17) is 5.11 Å². The molecule has 0 radical (unpaired) electrons. The molecule has 0 aromatic carbocycles. The van der Waals surface area contributed by atoms with E-state index < -0.39 is 5.97 Å². The van der Waals surface area contributed by atoms with E-state index in [1.54, 1.807) is 4.68 Å². The van der Waals surface area contributed by atoms with Gasteiger partial charge in [-0.05, 0) is 19.9 Å². The lowest BCUT2D eigenvalue weighted by molar-refractivity contribution is -0.137. The standard InChI is InChI=1S/C13H17N5O3/c1-8-10(9(2)17(3)16-8)6-14-13(21)11-4-5-15-18(11)7-12(19)20/h4-5H,6-7H2,1-3H3,(H,14,21)(H,19,20). The van der Waals surface area contributed by atoms with Crippen molar-refractivity contribution >= 4 is 11.9 Å². The summed E-state index contributed by atoms with van der Waals surface area (Å²) in [5.74, 6) is -1.41. The van der Waals surface area contributed by atoms with Gasteiger partial charge in [-0.1, -0.05) is 0 Å². The van der Waals surface area contributed by atoms with Gasteiger partial charge in [-0.25, -0.2) is 4.68 Å². The molecule has 1 amide bonds. The van der Waals surface area contributed by atoms with Gasteiger partial charge >= 0.3 is 5.97 Å². The molecule has 2 heterocycles. The molecule has 0 aliphatic carbocycles. The Hall–Kier alpha value is -2.64. The summed E-state index contributed by atoms with van der Waals surface area (Å²) in [6, 6.07) is 1.49. The Balaban J connectivity index is 2.09. The summed E-state index contributed by atoms with van der Waals surface area (Å²) >= 11 is 0. The van der Waals surface area contributed by atoms with Gasteiger partial charge in [-0.3, -0.25) is 14.3 Å². The van der Waals surface area contributed by atoms with Crippen LogP contribution in [0, 0.1) is 13.8 Å². The Morgan fingerprint density at radius 2 is 2.10 bits per heavy atom. The third kappa shape index (κ3) is 3.10. The number of carboxylic acids is 1. The Bertz CT molecular complexity index is 686. The predicted octanol–water partition coefficient (Wildman–Crippen LogP) is 0.248. The number of hydrogen-bond acceptors (Lipinski definition) is 4. The summed E-state index contributed by atoms with van der Waals surface area (Å²) < 4.78 is 2.91. The first-order valence-corrected chi connectivity index (χ1v) is 6.41. The number of rotatable bonds is 5. The number of hydrogen-bond donors (Lipinski definition) is 2. The molecule has 112 valence electrons. The number of carbonyl (C=O) groups is 2. The van der Waals surface area contributed by atoms with Crippen LogP contribution in [0.1, 0.15) is 27.4 Å². The van der Waals surface area contributed by atoms with Gasteiger partial charge in [0.25, 0.3) is 5.91 Å². The average molecular weight is 291 g/mol. The van der Waals surface area contributed by atoms with Gasteiger partial charge in [0, 0.05) is 31.0 Å². The molecule has 2 aromatic rings. The monoisotopic (exact) mass is 291 g/mol. The number of aromatic nitrogens is 4. The maximum atomic E-state index is 12.1. The van der Waals surface area contributed by atoms with Crippen LogP contribution in [0.3, 0.4) is 0 Å². The summed E-state index contributed by atoms with van der Waals surface area (Å²) in [6.45, 7) is 3.79. The minimum absolute atomic E-state index is 0.219. The van der Waals surface area contributed by atoms with Crippen LogP contribution in [0.25, 0.3) is 0 Å². The molecule has 0 aliphatic rings. The lowest BCUT2D eigenvalue weighted by Crippen LogP contribution is -2.27. The minimum Gasteiger partial charge on any atom is -0.480 e. The summed E-state index contributed by atoms with van der Waals surface area (Å²) in [7, 11) is 1.84. The van der Waals surface area contributed by atoms with E-state index in [2.05, 4.69) is 15.5 Å². The molecule has 2 aromatic heterocycles. The largest absolute Gasteiger partial charge is 0.480 e. The van der Waals surface area contributed by atoms with Crippen molar-refractivity contribution in [3.05, 3.63) is 34.9 Å². The van der Waals surface area contributed by atoms with E-state index in [0.717, 1.165) is 21.6 Å². The highest BCUT2D eigenvalue weighted by Gasteiger charge is 2.15. The van der Waals surface area contributed by atoms with Gasteiger partial charge in [0.05, 0.1) is 5.69 Å². The molecule has 21 heavy (non-hydrogen) atoms. The SMILES string of the molecule is Cc1nn(C)c(C)c1CNC(=O)c1ccnn1CC(=O)O.